The van der Waals surface area contributed by atoms with Gasteiger partial charge in [0, 0.05) is 25.0 Å². The van der Waals surface area contributed by atoms with E-state index in [2.05, 4.69) is 28.8 Å². The summed E-state index contributed by atoms with van der Waals surface area (Å²) in [7, 11) is 1.69. The summed E-state index contributed by atoms with van der Waals surface area (Å²) in [6.07, 6.45) is 6.44. The first-order valence-corrected chi connectivity index (χ1v) is 8.80. The second kappa shape index (κ2) is 8.72. The van der Waals surface area contributed by atoms with E-state index in [4.69, 9.17) is 4.74 Å². The van der Waals surface area contributed by atoms with Crippen molar-refractivity contribution in [2.75, 3.05) is 13.7 Å². The van der Waals surface area contributed by atoms with Gasteiger partial charge >= 0.3 is 0 Å². The Balaban J connectivity index is 0.00000208. The molecule has 0 aromatic heterocycles. The van der Waals surface area contributed by atoms with Crippen LogP contribution in [0.3, 0.4) is 0 Å². The van der Waals surface area contributed by atoms with E-state index in [-0.39, 0.29) is 18.3 Å². The number of ether oxygens (including phenoxy) is 1. The van der Waals surface area contributed by atoms with Crippen LogP contribution in [0.15, 0.2) is 18.2 Å². The molecule has 2 aliphatic rings. The van der Waals surface area contributed by atoms with Crippen LogP contribution < -0.4 is 15.4 Å². The molecule has 2 aliphatic heterocycles. The molecule has 0 spiro atoms. The Bertz CT molecular complexity index is 552. The van der Waals surface area contributed by atoms with Crippen LogP contribution in [0, 0.1) is 12.8 Å². The van der Waals surface area contributed by atoms with E-state index in [0.29, 0.717) is 31.0 Å². The predicted octanol–water partition coefficient (Wildman–Crippen LogP) is 3.00. The van der Waals surface area contributed by atoms with Crippen LogP contribution in [0.5, 0.6) is 5.75 Å². The minimum atomic E-state index is 0. The molecule has 24 heavy (non-hydrogen) atoms. The number of hydrogen-bond acceptors (Lipinski definition) is 3. The number of fused-ring (bicyclic) bond motifs is 2. The van der Waals surface area contributed by atoms with Crippen molar-refractivity contribution < 1.29 is 9.53 Å². The fourth-order valence-corrected chi connectivity index (χ4v) is 4.04. The number of rotatable bonds is 6. The zero-order valence-corrected chi connectivity index (χ0v) is 15.5. The minimum Gasteiger partial charge on any atom is -0.496 e. The van der Waals surface area contributed by atoms with Gasteiger partial charge in [0.1, 0.15) is 5.75 Å². The van der Waals surface area contributed by atoms with Gasteiger partial charge in [0.25, 0.3) is 0 Å². The lowest BCUT2D eigenvalue weighted by Gasteiger charge is -2.28. The highest BCUT2D eigenvalue weighted by atomic mass is 35.5. The lowest BCUT2D eigenvalue weighted by Crippen LogP contribution is -2.39. The maximum Gasteiger partial charge on any atom is 0.220 e. The van der Waals surface area contributed by atoms with Gasteiger partial charge < -0.3 is 15.4 Å². The Kier molecular flexibility index (Phi) is 6.93. The molecule has 2 fully saturated rings. The summed E-state index contributed by atoms with van der Waals surface area (Å²) in [6.45, 7) is 2.74. The predicted molar refractivity (Wildman–Crippen MR) is 99.0 cm³/mol. The van der Waals surface area contributed by atoms with Crippen LogP contribution in [0.1, 0.15) is 43.2 Å². The monoisotopic (exact) mass is 352 g/mol. The van der Waals surface area contributed by atoms with E-state index in [1.54, 1.807) is 7.11 Å². The van der Waals surface area contributed by atoms with Crippen LogP contribution in [-0.4, -0.2) is 31.6 Å². The highest BCUT2D eigenvalue weighted by Gasteiger charge is 2.34. The van der Waals surface area contributed by atoms with Crippen LogP contribution in [0.2, 0.25) is 0 Å². The lowest BCUT2D eigenvalue weighted by atomic mass is 9.89. The van der Waals surface area contributed by atoms with Gasteiger partial charge in [-0.1, -0.05) is 12.1 Å². The van der Waals surface area contributed by atoms with Crippen LogP contribution >= 0.6 is 12.4 Å². The Hall–Kier alpha value is -1.26. The Morgan fingerprint density at radius 1 is 1.29 bits per heavy atom. The number of halogens is 1. The van der Waals surface area contributed by atoms with Gasteiger partial charge in [0.2, 0.25) is 5.91 Å². The molecule has 3 rings (SSSR count). The number of benzene rings is 1. The number of aryl methyl sites for hydroxylation is 1. The van der Waals surface area contributed by atoms with Gasteiger partial charge in [-0.2, -0.15) is 0 Å². The standard InChI is InChI=1S/C19H28N2O2.ClH/c1-13-3-4-14(11-18(13)23-2)7-8-20-19(22)12-15-9-16-5-6-17(10-15)21-16;/h3-4,11,15-17,21H,5-10,12H2,1-2H3,(H,20,22);1H. The summed E-state index contributed by atoms with van der Waals surface area (Å²) in [5.41, 5.74) is 2.34. The molecule has 2 heterocycles. The van der Waals surface area contributed by atoms with E-state index in [1.165, 1.54) is 31.2 Å². The largest absolute Gasteiger partial charge is 0.496 e. The molecule has 2 atom stereocenters. The van der Waals surface area contributed by atoms with Gasteiger partial charge in [-0.3, -0.25) is 4.79 Å². The number of piperidine rings is 1. The van der Waals surface area contributed by atoms with Crippen molar-refractivity contribution in [1.82, 2.24) is 10.6 Å². The fourth-order valence-electron chi connectivity index (χ4n) is 4.04. The maximum absolute atomic E-state index is 12.2. The molecule has 2 N–H and O–H groups in total. The average Bonchev–Trinajstić information content (AvgIpc) is 2.87. The highest BCUT2D eigenvalue weighted by molar-refractivity contribution is 5.85. The van der Waals surface area contributed by atoms with E-state index in [1.807, 2.05) is 6.92 Å². The number of amides is 1. The number of carbonyl (C=O) groups excluding carboxylic acids is 1. The molecule has 2 saturated heterocycles. The zero-order valence-electron chi connectivity index (χ0n) is 14.6. The van der Waals surface area contributed by atoms with Gasteiger partial charge in [0.05, 0.1) is 7.11 Å². The van der Waals surface area contributed by atoms with Gasteiger partial charge in [-0.25, -0.2) is 0 Å². The van der Waals surface area contributed by atoms with E-state index < -0.39 is 0 Å². The molecule has 4 nitrogen and oxygen atoms in total. The molecule has 1 aromatic rings. The van der Waals surface area contributed by atoms with Crippen LogP contribution in [-0.2, 0) is 11.2 Å². The third-order valence-corrected chi connectivity index (χ3v) is 5.25. The fraction of sp³-hybridized carbons (Fsp3) is 0.632. The smallest absolute Gasteiger partial charge is 0.220 e. The second-order valence-corrected chi connectivity index (χ2v) is 7.08. The first-order valence-electron chi connectivity index (χ1n) is 8.80. The molecule has 5 heteroatoms. The van der Waals surface area contributed by atoms with Crippen molar-refractivity contribution in [3.05, 3.63) is 29.3 Å². The van der Waals surface area contributed by atoms with Gasteiger partial charge in [-0.15, -0.1) is 12.4 Å². The molecule has 0 saturated carbocycles. The zero-order chi connectivity index (χ0) is 16.2. The van der Waals surface area contributed by atoms with Gasteiger partial charge in [-0.05, 0) is 62.1 Å². The SMILES string of the molecule is COc1cc(CCNC(=O)CC2CC3CCC(C2)N3)ccc1C.Cl. The Morgan fingerprint density at radius 3 is 2.67 bits per heavy atom. The maximum atomic E-state index is 12.2. The van der Waals surface area contributed by atoms with E-state index in [9.17, 15) is 4.79 Å². The molecule has 2 bridgehead atoms. The first-order chi connectivity index (χ1) is 11.1. The van der Waals surface area contributed by atoms with Crippen molar-refractivity contribution >= 4 is 18.3 Å². The number of carbonyl (C=O) groups is 1. The molecule has 1 amide bonds. The van der Waals surface area contributed by atoms with Crippen LogP contribution in [0.4, 0.5) is 0 Å². The lowest BCUT2D eigenvalue weighted by molar-refractivity contribution is -0.122. The topological polar surface area (TPSA) is 50.4 Å². The van der Waals surface area contributed by atoms with Crippen molar-refractivity contribution in [1.29, 1.82) is 0 Å². The van der Waals surface area contributed by atoms with Crippen LogP contribution in [0.25, 0.3) is 0 Å². The molecule has 0 aliphatic carbocycles. The van der Waals surface area contributed by atoms with Crippen molar-refractivity contribution in [2.24, 2.45) is 5.92 Å². The minimum absolute atomic E-state index is 0. The summed E-state index contributed by atoms with van der Waals surface area (Å²) in [5, 5.41) is 6.71. The van der Waals surface area contributed by atoms with Crippen molar-refractivity contribution in [2.45, 2.75) is 57.5 Å². The normalized spacial score (nSPS) is 25.0. The molecule has 2 unspecified atom stereocenters. The Labute approximate surface area is 151 Å². The summed E-state index contributed by atoms with van der Waals surface area (Å²) in [6, 6.07) is 7.56. The molecular formula is C19H29ClN2O2. The van der Waals surface area contributed by atoms with E-state index >= 15 is 0 Å². The molecular weight excluding hydrogens is 324 g/mol. The quantitative estimate of drug-likeness (QED) is 0.827. The van der Waals surface area contributed by atoms with Crippen molar-refractivity contribution in [3.8, 4) is 5.75 Å². The number of methoxy groups -OCH3 is 1. The summed E-state index contributed by atoms with van der Waals surface area (Å²) in [5.74, 6) is 1.68. The second-order valence-electron chi connectivity index (χ2n) is 7.08. The summed E-state index contributed by atoms with van der Waals surface area (Å²) in [4.78, 5) is 12.2. The highest BCUT2D eigenvalue weighted by Crippen LogP contribution is 2.32. The van der Waals surface area contributed by atoms with Gasteiger partial charge in [0.15, 0.2) is 0 Å². The average molecular weight is 353 g/mol. The molecule has 134 valence electrons. The molecule has 1 aromatic carbocycles. The third kappa shape index (κ3) is 4.87. The summed E-state index contributed by atoms with van der Waals surface area (Å²) < 4.78 is 5.35. The summed E-state index contributed by atoms with van der Waals surface area (Å²) >= 11 is 0. The first kappa shape index (κ1) is 19.1. The number of nitrogens with one attached hydrogen (secondary N) is 2. The van der Waals surface area contributed by atoms with E-state index in [0.717, 1.165) is 17.7 Å². The molecule has 0 radical (unpaired) electrons. The third-order valence-electron chi connectivity index (χ3n) is 5.25. The Morgan fingerprint density at radius 2 is 2.00 bits per heavy atom. The number of hydrogen-bond donors (Lipinski definition) is 2. The van der Waals surface area contributed by atoms with Crippen molar-refractivity contribution in [3.63, 3.8) is 0 Å².